The number of thiophene rings is 1. The second kappa shape index (κ2) is 4.47. The van der Waals surface area contributed by atoms with E-state index in [1.54, 1.807) is 11.3 Å². The van der Waals surface area contributed by atoms with Crippen molar-refractivity contribution < 1.29 is 0 Å². The molecule has 0 amide bonds. The van der Waals surface area contributed by atoms with Crippen LogP contribution in [-0.2, 0) is 0 Å². The first kappa shape index (κ1) is 9.54. The van der Waals surface area contributed by atoms with Gasteiger partial charge >= 0.3 is 0 Å². The second-order valence-corrected chi connectivity index (χ2v) is 5.38. The second-order valence-electron chi connectivity index (χ2n) is 3.87. The molecule has 1 unspecified atom stereocenters. The van der Waals surface area contributed by atoms with E-state index in [1.165, 1.54) is 37.0 Å². The topological polar surface area (TPSA) is 0 Å². The van der Waals surface area contributed by atoms with Gasteiger partial charge in [0, 0.05) is 4.88 Å². The molecule has 1 aliphatic rings. The van der Waals surface area contributed by atoms with Crippen LogP contribution in [0.5, 0.6) is 0 Å². The Labute approximate surface area is 88.9 Å². The van der Waals surface area contributed by atoms with Gasteiger partial charge in [0.2, 0.25) is 0 Å². The molecule has 0 radical (unpaired) electrons. The van der Waals surface area contributed by atoms with E-state index < -0.39 is 0 Å². The van der Waals surface area contributed by atoms with Crippen LogP contribution < -0.4 is 0 Å². The maximum absolute atomic E-state index is 6.34. The summed E-state index contributed by atoms with van der Waals surface area (Å²) in [5.74, 6) is 0.893. The monoisotopic (exact) mass is 214 g/mol. The van der Waals surface area contributed by atoms with Gasteiger partial charge in [-0.2, -0.15) is 0 Å². The first-order chi connectivity index (χ1) is 6.36. The molecule has 1 aromatic rings. The van der Waals surface area contributed by atoms with Crippen molar-refractivity contribution in [2.75, 3.05) is 0 Å². The van der Waals surface area contributed by atoms with Crippen LogP contribution in [0.4, 0.5) is 0 Å². The first-order valence-corrected chi connectivity index (χ1v) is 6.35. The number of halogens is 1. The standard InChI is InChI=1S/C11H15ClS/c12-10(11-6-3-7-13-11)8-9-4-1-2-5-9/h3,6-7,9-10H,1-2,4-5,8H2. The Morgan fingerprint density at radius 1 is 1.46 bits per heavy atom. The molecule has 0 bridgehead atoms. The molecule has 1 aromatic heterocycles. The molecule has 1 fully saturated rings. The predicted octanol–water partition coefficient (Wildman–Crippen LogP) is 4.61. The Kier molecular flexibility index (Phi) is 3.28. The maximum Gasteiger partial charge on any atom is 0.0681 e. The van der Waals surface area contributed by atoms with Gasteiger partial charge in [0.15, 0.2) is 0 Å². The van der Waals surface area contributed by atoms with Crippen LogP contribution >= 0.6 is 22.9 Å². The van der Waals surface area contributed by atoms with Crippen molar-refractivity contribution in [3.63, 3.8) is 0 Å². The van der Waals surface area contributed by atoms with Crippen molar-refractivity contribution in [2.24, 2.45) is 5.92 Å². The van der Waals surface area contributed by atoms with Crippen molar-refractivity contribution in [1.29, 1.82) is 0 Å². The third kappa shape index (κ3) is 2.47. The molecular weight excluding hydrogens is 200 g/mol. The maximum atomic E-state index is 6.34. The van der Waals surface area contributed by atoms with E-state index in [9.17, 15) is 0 Å². The van der Waals surface area contributed by atoms with Crippen molar-refractivity contribution in [2.45, 2.75) is 37.5 Å². The Morgan fingerprint density at radius 3 is 2.85 bits per heavy atom. The van der Waals surface area contributed by atoms with Crippen LogP contribution in [0.1, 0.15) is 42.4 Å². The molecule has 0 aromatic carbocycles. The van der Waals surface area contributed by atoms with Crippen LogP contribution in [0, 0.1) is 5.92 Å². The summed E-state index contributed by atoms with van der Waals surface area (Å²) in [5, 5.41) is 2.38. The molecule has 2 heteroatoms. The van der Waals surface area contributed by atoms with Crippen LogP contribution in [0.3, 0.4) is 0 Å². The molecule has 72 valence electrons. The smallest absolute Gasteiger partial charge is 0.0681 e. The summed E-state index contributed by atoms with van der Waals surface area (Å²) in [6.45, 7) is 0. The normalized spacial score (nSPS) is 20.7. The van der Waals surface area contributed by atoms with Gasteiger partial charge in [-0.3, -0.25) is 0 Å². The molecular formula is C11H15ClS. The Bertz CT molecular complexity index is 237. The van der Waals surface area contributed by atoms with E-state index in [0.717, 1.165) is 5.92 Å². The van der Waals surface area contributed by atoms with Crippen LogP contribution in [-0.4, -0.2) is 0 Å². The zero-order chi connectivity index (χ0) is 9.10. The van der Waals surface area contributed by atoms with Gasteiger partial charge in [-0.1, -0.05) is 31.7 Å². The van der Waals surface area contributed by atoms with Gasteiger partial charge in [-0.15, -0.1) is 22.9 Å². The molecule has 1 aliphatic carbocycles. The summed E-state index contributed by atoms with van der Waals surface area (Å²) in [4.78, 5) is 1.34. The van der Waals surface area contributed by atoms with E-state index in [-0.39, 0.29) is 5.38 Å². The quantitative estimate of drug-likeness (QED) is 0.645. The third-order valence-electron chi connectivity index (χ3n) is 2.87. The average molecular weight is 215 g/mol. The highest BCUT2D eigenvalue weighted by atomic mass is 35.5. The summed E-state index contributed by atoms with van der Waals surface area (Å²) in [6.07, 6.45) is 6.81. The van der Waals surface area contributed by atoms with Crippen LogP contribution in [0.2, 0.25) is 0 Å². The Morgan fingerprint density at radius 2 is 2.23 bits per heavy atom. The minimum absolute atomic E-state index is 0.267. The van der Waals surface area contributed by atoms with Gasteiger partial charge in [0.25, 0.3) is 0 Å². The molecule has 0 N–H and O–H groups in total. The van der Waals surface area contributed by atoms with Gasteiger partial charge in [0.1, 0.15) is 0 Å². The third-order valence-corrected chi connectivity index (χ3v) is 4.40. The van der Waals surface area contributed by atoms with Gasteiger partial charge < -0.3 is 0 Å². The minimum atomic E-state index is 0.267. The lowest BCUT2D eigenvalue weighted by Crippen LogP contribution is -1.97. The SMILES string of the molecule is ClC(CC1CCCC1)c1cccs1. The van der Waals surface area contributed by atoms with Crippen molar-refractivity contribution >= 4 is 22.9 Å². The lowest BCUT2D eigenvalue weighted by Gasteiger charge is -2.12. The molecule has 0 spiro atoms. The van der Waals surface area contributed by atoms with Crippen LogP contribution in [0.25, 0.3) is 0 Å². The molecule has 0 saturated heterocycles. The van der Waals surface area contributed by atoms with Crippen LogP contribution in [0.15, 0.2) is 17.5 Å². The van der Waals surface area contributed by atoms with E-state index in [1.807, 2.05) is 0 Å². The molecule has 1 atom stereocenters. The van der Waals surface area contributed by atoms with E-state index in [0.29, 0.717) is 0 Å². The largest absolute Gasteiger partial charge is 0.147 e. The molecule has 0 nitrogen and oxygen atoms in total. The minimum Gasteiger partial charge on any atom is -0.147 e. The zero-order valence-electron chi connectivity index (χ0n) is 7.71. The highest BCUT2D eigenvalue weighted by Crippen LogP contribution is 2.37. The fraction of sp³-hybridized carbons (Fsp3) is 0.636. The van der Waals surface area contributed by atoms with Gasteiger partial charge in [-0.25, -0.2) is 0 Å². The summed E-state index contributed by atoms with van der Waals surface area (Å²) in [7, 11) is 0. The first-order valence-electron chi connectivity index (χ1n) is 5.04. The number of rotatable bonds is 3. The summed E-state index contributed by atoms with van der Waals surface area (Å²) in [6, 6.07) is 4.24. The highest BCUT2D eigenvalue weighted by molar-refractivity contribution is 7.10. The van der Waals surface area contributed by atoms with E-state index >= 15 is 0 Å². The molecule has 1 saturated carbocycles. The van der Waals surface area contributed by atoms with Crippen molar-refractivity contribution in [3.05, 3.63) is 22.4 Å². The summed E-state index contributed by atoms with van der Waals surface area (Å²) in [5.41, 5.74) is 0. The summed E-state index contributed by atoms with van der Waals surface area (Å²) < 4.78 is 0. The van der Waals surface area contributed by atoms with Gasteiger partial charge in [0.05, 0.1) is 5.38 Å². The number of alkyl halides is 1. The fourth-order valence-corrected chi connectivity index (χ4v) is 3.32. The molecule has 1 heterocycles. The average Bonchev–Trinajstić information content (AvgIpc) is 2.74. The highest BCUT2D eigenvalue weighted by Gasteiger charge is 2.20. The Hall–Kier alpha value is -0.0100. The number of hydrogen-bond donors (Lipinski definition) is 0. The predicted molar refractivity (Wildman–Crippen MR) is 59.5 cm³/mol. The zero-order valence-corrected chi connectivity index (χ0v) is 9.28. The van der Waals surface area contributed by atoms with Crippen molar-refractivity contribution in [1.82, 2.24) is 0 Å². The van der Waals surface area contributed by atoms with E-state index in [4.69, 9.17) is 11.6 Å². The van der Waals surface area contributed by atoms with E-state index in [2.05, 4.69) is 17.5 Å². The lowest BCUT2D eigenvalue weighted by atomic mass is 10.0. The fourth-order valence-electron chi connectivity index (χ4n) is 2.12. The Balaban J connectivity index is 1.87. The molecule has 2 rings (SSSR count). The molecule has 0 aliphatic heterocycles. The van der Waals surface area contributed by atoms with Gasteiger partial charge in [-0.05, 0) is 23.8 Å². The molecule has 13 heavy (non-hydrogen) atoms. The lowest BCUT2D eigenvalue weighted by molar-refractivity contribution is 0.498. The van der Waals surface area contributed by atoms with Crippen molar-refractivity contribution in [3.8, 4) is 0 Å². The number of hydrogen-bond acceptors (Lipinski definition) is 1. The summed E-state index contributed by atoms with van der Waals surface area (Å²) >= 11 is 8.12.